The van der Waals surface area contributed by atoms with Crippen molar-refractivity contribution in [2.75, 3.05) is 26.2 Å². The number of hydrogen-bond acceptors (Lipinski definition) is 5. The zero-order chi connectivity index (χ0) is 25.5. The molecular weight excluding hydrogens is 497 g/mol. The summed E-state index contributed by atoms with van der Waals surface area (Å²) in [5, 5.41) is 1.33. The largest absolute Gasteiger partial charge is 0.492 e. The van der Waals surface area contributed by atoms with Gasteiger partial charge in [-0.2, -0.15) is 0 Å². The van der Waals surface area contributed by atoms with Crippen LogP contribution in [-0.2, 0) is 21.6 Å². The molecule has 2 fully saturated rings. The lowest BCUT2D eigenvalue weighted by atomic mass is 9.74. The molecule has 0 atom stereocenters. The third kappa shape index (κ3) is 5.79. The molecular formula is C29H35Cl2NO4. The van der Waals surface area contributed by atoms with Gasteiger partial charge in [0.25, 0.3) is 0 Å². The molecule has 0 amide bonds. The van der Waals surface area contributed by atoms with Crippen molar-refractivity contribution in [1.29, 1.82) is 0 Å². The molecule has 5 nitrogen and oxygen atoms in total. The number of benzene rings is 2. The number of rotatable bonds is 7. The predicted octanol–water partition coefficient (Wildman–Crippen LogP) is 6.91. The number of ether oxygens (including phenoxy) is 3. The minimum absolute atomic E-state index is 0.0293. The first-order valence-electron chi connectivity index (χ1n) is 12.9. The van der Waals surface area contributed by atoms with Crippen LogP contribution >= 0.6 is 23.2 Å². The summed E-state index contributed by atoms with van der Waals surface area (Å²) in [6.45, 7) is 9.33. The summed E-state index contributed by atoms with van der Waals surface area (Å²) in [5.41, 5.74) is 2.89. The Bertz CT molecular complexity index is 1110. The topological polar surface area (TPSA) is 48.0 Å². The van der Waals surface area contributed by atoms with Crippen LogP contribution in [0.15, 0.2) is 30.3 Å². The molecule has 1 aliphatic carbocycles. The van der Waals surface area contributed by atoms with Crippen molar-refractivity contribution in [2.45, 2.75) is 76.4 Å². The molecule has 0 N–H and O–H groups in total. The molecule has 0 aromatic heterocycles. The Hall–Kier alpha value is -1.95. The van der Waals surface area contributed by atoms with Gasteiger partial charge < -0.3 is 19.1 Å². The maximum Gasteiger partial charge on any atom is 0.307 e. The van der Waals surface area contributed by atoms with Gasteiger partial charge in [-0.1, -0.05) is 29.3 Å². The lowest BCUT2D eigenvalue weighted by Crippen LogP contribution is -2.44. The van der Waals surface area contributed by atoms with E-state index in [1.54, 1.807) is 0 Å². The van der Waals surface area contributed by atoms with Gasteiger partial charge in [0, 0.05) is 39.2 Å². The zero-order valence-electron chi connectivity index (χ0n) is 21.4. The Labute approximate surface area is 224 Å². The first kappa shape index (κ1) is 25.7. The first-order valence-corrected chi connectivity index (χ1v) is 13.7. The van der Waals surface area contributed by atoms with Gasteiger partial charge >= 0.3 is 5.97 Å². The molecule has 2 aromatic rings. The molecule has 3 aliphatic rings. The van der Waals surface area contributed by atoms with Gasteiger partial charge in [0.05, 0.1) is 13.0 Å². The Morgan fingerprint density at radius 2 is 1.81 bits per heavy atom. The van der Waals surface area contributed by atoms with Crippen LogP contribution in [0.5, 0.6) is 11.5 Å². The fourth-order valence-electron chi connectivity index (χ4n) is 5.27. The third-order valence-corrected chi connectivity index (χ3v) is 8.16. The smallest absolute Gasteiger partial charge is 0.307 e. The van der Waals surface area contributed by atoms with Crippen LogP contribution in [0.25, 0.3) is 0 Å². The maximum absolute atomic E-state index is 12.1. The lowest BCUT2D eigenvalue weighted by molar-refractivity contribution is -0.155. The van der Waals surface area contributed by atoms with Gasteiger partial charge in [-0.25, -0.2) is 0 Å². The normalized spacial score (nSPS) is 19.1. The molecule has 194 valence electrons. The Balaban J connectivity index is 1.17. The summed E-state index contributed by atoms with van der Waals surface area (Å²) in [6, 6.07) is 10.2. The zero-order valence-corrected chi connectivity index (χ0v) is 22.9. The predicted molar refractivity (Wildman–Crippen MR) is 143 cm³/mol. The molecule has 2 aromatic carbocycles. The fourth-order valence-corrected chi connectivity index (χ4v) is 5.89. The summed E-state index contributed by atoms with van der Waals surface area (Å²) in [4.78, 5) is 14.4. The number of esters is 1. The van der Waals surface area contributed by atoms with Crippen molar-refractivity contribution in [2.24, 2.45) is 0 Å². The van der Waals surface area contributed by atoms with Crippen molar-refractivity contribution in [3.05, 3.63) is 57.1 Å². The van der Waals surface area contributed by atoms with Gasteiger partial charge in [-0.3, -0.25) is 4.79 Å². The van der Waals surface area contributed by atoms with Crippen LogP contribution in [0.1, 0.15) is 75.5 Å². The average molecular weight is 533 g/mol. The Kier molecular flexibility index (Phi) is 7.19. The van der Waals surface area contributed by atoms with E-state index in [4.69, 9.17) is 37.4 Å². The van der Waals surface area contributed by atoms with Gasteiger partial charge in [-0.05, 0) is 89.2 Å². The average Bonchev–Trinajstić information content (AvgIpc) is 3.61. The Morgan fingerprint density at radius 1 is 1.11 bits per heavy atom. The molecule has 1 saturated carbocycles. The van der Waals surface area contributed by atoms with E-state index < -0.39 is 5.60 Å². The van der Waals surface area contributed by atoms with E-state index in [-0.39, 0.29) is 11.4 Å². The highest BCUT2D eigenvalue weighted by Crippen LogP contribution is 2.47. The SMILES string of the molecule is CC(C)(C)OC(=O)CCN1CCC2(CC1)COc1cc(OCc3c(Cl)cc(C4CC4)cc3Cl)ccc12. The Morgan fingerprint density at radius 3 is 2.44 bits per heavy atom. The van der Waals surface area contributed by atoms with Gasteiger partial charge in [-0.15, -0.1) is 0 Å². The molecule has 7 heteroatoms. The summed E-state index contributed by atoms with van der Waals surface area (Å²) in [7, 11) is 0. The highest BCUT2D eigenvalue weighted by atomic mass is 35.5. The molecule has 0 bridgehead atoms. The minimum Gasteiger partial charge on any atom is -0.492 e. The van der Waals surface area contributed by atoms with Gasteiger partial charge in [0.15, 0.2) is 0 Å². The maximum atomic E-state index is 12.1. The van der Waals surface area contributed by atoms with E-state index >= 15 is 0 Å². The van der Waals surface area contributed by atoms with Crippen LogP contribution in [-0.4, -0.2) is 42.7 Å². The number of hydrogen-bond donors (Lipinski definition) is 0. The molecule has 2 heterocycles. The summed E-state index contributed by atoms with van der Waals surface area (Å²) in [6.07, 6.45) is 4.86. The van der Waals surface area contributed by atoms with E-state index in [1.165, 1.54) is 24.0 Å². The standard InChI is InChI=1S/C29H35Cl2NO4/c1-28(2,3)36-27(33)8-11-32-12-9-29(10-13-32)18-35-26-16-21(6-7-23(26)29)34-17-22-24(30)14-20(15-25(22)31)19-4-5-19/h6-7,14-16,19H,4-5,8-13,17-18H2,1-3H3. The molecule has 1 spiro atoms. The first-order chi connectivity index (χ1) is 17.1. The monoisotopic (exact) mass is 531 g/mol. The molecule has 1 saturated heterocycles. The second kappa shape index (κ2) is 10.1. The molecule has 0 unspecified atom stereocenters. The number of piperidine rings is 1. The van der Waals surface area contributed by atoms with Crippen molar-refractivity contribution in [1.82, 2.24) is 4.90 Å². The number of fused-ring (bicyclic) bond motifs is 2. The van der Waals surface area contributed by atoms with Crippen molar-refractivity contribution >= 4 is 29.2 Å². The summed E-state index contributed by atoms with van der Waals surface area (Å²) >= 11 is 13.0. The van der Waals surface area contributed by atoms with Crippen LogP contribution in [0.2, 0.25) is 10.0 Å². The van der Waals surface area contributed by atoms with E-state index in [2.05, 4.69) is 11.0 Å². The van der Waals surface area contributed by atoms with Gasteiger partial charge in [0.2, 0.25) is 0 Å². The highest BCUT2D eigenvalue weighted by Gasteiger charge is 2.43. The number of likely N-dealkylation sites (tertiary alicyclic amines) is 1. The van der Waals surface area contributed by atoms with E-state index in [0.717, 1.165) is 49.5 Å². The second-order valence-corrected chi connectivity index (χ2v) is 12.2. The third-order valence-electron chi connectivity index (χ3n) is 7.49. The summed E-state index contributed by atoms with van der Waals surface area (Å²) in [5.74, 6) is 2.12. The molecule has 36 heavy (non-hydrogen) atoms. The van der Waals surface area contributed by atoms with Crippen LogP contribution in [0.4, 0.5) is 0 Å². The van der Waals surface area contributed by atoms with Gasteiger partial charge in [0.1, 0.15) is 23.7 Å². The molecule has 2 aliphatic heterocycles. The number of nitrogens with zero attached hydrogens (tertiary/aromatic N) is 1. The quantitative estimate of drug-likeness (QED) is 0.363. The molecule has 0 radical (unpaired) electrons. The second-order valence-electron chi connectivity index (χ2n) is 11.4. The summed E-state index contributed by atoms with van der Waals surface area (Å²) < 4.78 is 17.7. The van der Waals surface area contributed by atoms with Crippen molar-refractivity contribution < 1.29 is 19.0 Å². The van der Waals surface area contributed by atoms with E-state index in [0.29, 0.717) is 35.6 Å². The fraction of sp³-hybridized carbons (Fsp3) is 0.552. The van der Waals surface area contributed by atoms with E-state index in [1.807, 2.05) is 45.0 Å². The molecule has 5 rings (SSSR count). The van der Waals surface area contributed by atoms with Crippen LogP contribution < -0.4 is 9.47 Å². The minimum atomic E-state index is -0.435. The number of halogens is 2. The number of carbonyl (C=O) groups is 1. The van der Waals surface area contributed by atoms with Crippen molar-refractivity contribution in [3.63, 3.8) is 0 Å². The number of carbonyl (C=O) groups excluding carboxylic acids is 1. The lowest BCUT2D eigenvalue weighted by Gasteiger charge is -2.38. The van der Waals surface area contributed by atoms with Crippen LogP contribution in [0.3, 0.4) is 0 Å². The van der Waals surface area contributed by atoms with Crippen LogP contribution in [0, 0.1) is 0 Å². The van der Waals surface area contributed by atoms with Crippen molar-refractivity contribution in [3.8, 4) is 11.5 Å². The highest BCUT2D eigenvalue weighted by molar-refractivity contribution is 6.36. The van der Waals surface area contributed by atoms with E-state index in [9.17, 15) is 4.79 Å².